The standard InChI is InChI=1S/C22H26N6O2/c1-16-11-27(12-17(2)30-16)21-8-5-19(9-24-21)10-25-22(29)20-6-3-18(4-7-20)13-28-15-23-14-26-28/h3-9,14-17H,10-13H2,1-2H3,(H,25,29). The van der Waals surface area contributed by atoms with Crippen LogP contribution in [-0.2, 0) is 17.8 Å². The molecule has 0 aliphatic carbocycles. The van der Waals surface area contributed by atoms with Crippen LogP contribution in [0.4, 0.5) is 5.82 Å². The number of anilines is 1. The number of nitrogens with one attached hydrogen (secondary N) is 1. The largest absolute Gasteiger partial charge is 0.372 e. The minimum atomic E-state index is -0.109. The van der Waals surface area contributed by atoms with Crippen LogP contribution < -0.4 is 10.2 Å². The summed E-state index contributed by atoms with van der Waals surface area (Å²) >= 11 is 0. The highest BCUT2D eigenvalue weighted by atomic mass is 16.5. The lowest BCUT2D eigenvalue weighted by Gasteiger charge is -2.36. The fourth-order valence-electron chi connectivity index (χ4n) is 3.62. The van der Waals surface area contributed by atoms with Crippen LogP contribution in [0.5, 0.6) is 0 Å². The van der Waals surface area contributed by atoms with Crippen molar-refractivity contribution in [3.05, 3.63) is 71.9 Å². The summed E-state index contributed by atoms with van der Waals surface area (Å²) in [6.45, 7) is 6.88. The zero-order valence-corrected chi connectivity index (χ0v) is 17.2. The van der Waals surface area contributed by atoms with E-state index in [-0.39, 0.29) is 18.1 Å². The quantitative estimate of drug-likeness (QED) is 0.676. The second-order valence-electron chi connectivity index (χ2n) is 7.66. The summed E-state index contributed by atoms with van der Waals surface area (Å²) in [5, 5.41) is 7.04. The zero-order chi connectivity index (χ0) is 20.9. The number of amides is 1. The molecular weight excluding hydrogens is 380 g/mol. The van der Waals surface area contributed by atoms with Crippen molar-refractivity contribution in [1.82, 2.24) is 25.1 Å². The fraction of sp³-hybridized carbons (Fsp3) is 0.364. The molecule has 2 aromatic heterocycles. The number of carbonyl (C=O) groups is 1. The smallest absolute Gasteiger partial charge is 0.251 e. The number of benzene rings is 1. The number of hydrogen-bond acceptors (Lipinski definition) is 6. The van der Waals surface area contributed by atoms with E-state index in [0.717, 1.165) is 30.0 Å². The Morgan fingerprint density at radius 3 is 2.47 bits per heavy atom. The predicted octanol–water partition coefficient (Wildman–Crippen LogP) is 2.27. The molecule has 2 unspecified atom stereocenters. The Morgan fingerprint density at radius 2 is 1.83 bits per heavy atom. The summed E-state index contributed by atoms with van der Waals surface area (Å²) in [5.74, 6) is 0.831. The van der Waals surface area contributed by atoms with Crippen molar-refractivity contribution in [2.24, 2.45) is 0 Å². The third-order valence-electron chi connectivity index (χ3n) is 5.03. The molecule has 0 radical (unpaired) electrons. The van der Waals surface area contributed by atoms with Crippen molar-refractivity contribution in [2.75, 3.05) is 18.0 Å². The summed E-state index contributed by atoms with van der Waals surface area (Å²) in [4.78, 5) is 23.2. The lowest BCUT2D eigenvalue weighted by atomic mass is 10.1. The molecule has 156 valence electrons. The molecule has 3 heterocycles. The summed E-state index contributed by atoms with van der Waals surface area (Å²) in [6.07, 6.45) is 5.38. The Morgan fingerprint density at radius 1 is 1.10 bits per heavy atom. The molecule has 4 rings (SSSR count). The van der Waals surface area contributed by atoms with E-state index in [1.54, 1.807) is 11.0 Å². The molecule has 1 saturated heterocycles. The molecule has 2 atom stereocenters. The van der Waals surface area contributed by atoms with E-state index in [2.05, 4.69) is 39.1 Å². The first-order valence-electron chi connectivity index (χ1n) is 10.1. The molecule has 0 spiro atoms. The van der Waals surface area contributed by atoms with E-state index in [4.69, 9.17) is 4.74 Å². The maximum absolute atomic E-state index is 12.5. The van der Waals surface area contributed by atoms with Crippen LogP contribution >= 0.6 is 0 Å². The Bertz CT molecular complexity index is 946. The fourth-order valence-corrected chi connectivity index (χ4v) is 3.62. The first-order chi connectivity index (χ1) is 14.6. The topological polar surface area (TPSA) is 85.2 Å². The first-order valence-corrected chi connectivity index (χ1v) is 10.1. The molecule has 0 bridgehead atoms. The monoisotopic (exact) mass is 406 g/mol. The highest BCUT2D eigenvalue weighted by Crippen LogP contribution is 2.18. The van der Waals surface area contributed by atoms with Gasteiger partial charge in [-0.1, -0.05) is 18.2 Å². The van der Waals surface area contributed by atoms with Crippen molar-refractivity contribution in [1.29, 1.82) is 0 Å². The summed E-state index contributed by atoms with van der Waals surface area (Å²) < 4.78 is 7.52. The molecule has 1 amide bonds. The number of rotatable bonds is 6. The summed E-state index contributed by atoms with van der Waals surface area (Å²) in [7, 11) is 0. The number of aromatic nitrogens is 4. The van der Waals surface area contributed by atoms with Crippen molar-refractivity contribution in [3.63, 3.8) is 0 Å². The van der Waals surface area contributed by atoms with Gasteiger partial charge in [0, 0.05) is 31.4 Å². The van der Waals surface area contributed by atoms with Crippen LogP contribution in [0.3, 0.4) is 0 Å². The molecule has 3 aromatic rings. The van der Waals surface area contributed by atoms with Gasteiger partial charge >= 0.3 is 0 Å². The molecule has 8 heteroatoms. The second kappa shape index (κ2) is 9.04. The van der Waals surface area contributed by atoms with Gasteiger partial charge in [0.1, 0.15) is 18.5 Å². The number of pyridine rings is 1. The molecule has 1 fully saturated rings. The average Bonchev–Trinajstić information content (AvgIpc) is 3.25. The van der Waals surface area contributed by atoms with E-state index < -0.39 is 0 Å². The van der Waals surface area contributed by atoms with E-state index in [1.807, 2.05) is 42.6 Å². The number of carbonyl (C=O) groups excluding carboxylic acids is 1. The number of ether oxygens (including phenoxy) is 1. The van der Waals surface area contributed by atoms with Crippen molar-refractivity contribution in [2.45, 2.75) is 39.1 Å². The lowest BCUT2D eigenvalue weighted by molar-refractivity contribution is -0.00546. The van der Waals surface area contributed by atoms with Crippen LogP contribution in [0.2, 0.25) is 0 Å². The van der Waals surface area contributed by atoms with Gasteiger partial charge in [0.2, 0.25) is 0 Å². The summed E-state index contributed by atoms with van der Waals surface area (Å²) in [5.41, 5.74) is 2.64. The minimum Gasteiger partial charge on any atom is -0.372 e. The van der Waals surface area contributed by atoms with Gasteiger partial charge in [-0.15, -0.1) is 0 Å². The first kappa shape index (κ1) is 20.0. The maximum Gasteiger partial charge on any atom is 0.251 e. The SMILES string of the molecule is CC1CN(c2ccc(CNC(=O)c3ccc(Cn4cncn4)cc3)cn2)CC(C)O1. The van der Waals surface area contributed by atoms with Crippen LogP contribution in [0.1, 0.15) is 35.3 Å². The van der Waals surface area contributed by atoms with E-state index in [1.165, 1.54) is 6.33 Å². The molecule has 1 aromatic carbocycles. The van der Waals surface area contributed by atoms with E-state index >= 15 is 0 Å². The van der Waals surface area contributed by atoms with Gasteiger partial charge in [-0.3, -0.25) is 4.79 Å². The third kappa shape index (κ3) is 5.01. The number of nitrogens with zero attached hydrogens (tertiary/aromatic N) is 5. The third-order valence-corrected chi connectivity index (χ3v) is 5.03. The zero-order valence-electron chi connectivity index (χ0n) is 17.2. The van der Waals surface area contributed by atoms with E-state index in [0.29, 0.717) is 18.7 Å². The Hall–Kier alpha value is -3.26. The van der Waals surface area contributed by atoms with Crippen LogP contribution in [0.25, 0.3) is 0 Å². The maximum atomic E-state index is 12.5. The van der Waals surface area contributed by atoms with Gasteiger partial charge < -0.3 is 15.0 Å². The Kier molecular flexibility index (Phi) is 6.04. The van der Waals surface area contributed by atoms with Gasteiger partial charge in [0.25, 0.3) is 5.91 Å². The molecule has 30 heavy (non-hydrogen) atoms. The van der Waals surface area contributed by atoms with E-state index in [9.17, 15) is 4.79 Å². The van der Waals surface area contributed by atoms with Crippen molar-refractivity contribution in [3.8, 4) is 0 Å². The Labute approximate surface area is 175 Å². The van der Waals surface area contributed by atoms with Gasteiger partial charge in [-0.25, -0.2) is 14.6 Å². The summed E-state index contributed by atoms with van der Waals surface area (Å²) in [6, 6.07) is 11.5. The molecule has 1 aliphatic heterocycles. The molecule has 0 saturated carbocycles. The predicted molar refractivity (Wildman–Crippen MR) is 113 cm³/mol. The molecule has 1 N–H and O–H groups in total. The van der Waals surface area contributed by atoms with Crippen molar-refractivity contribution >= 4 is 11.7 Å². The Balaban J connectivity index is 1.30. The highest BCUT2D eigenvalue weighted by Gasteiger charge is 2.22. The molecule has 1 aliphatic rings. The van der Waals surface area contributed by atoms with Crippen LogP contribution in [-0.4, -0.2) is 51.0 Å². The van der Waals surface area contributed by atoms with Gasteiger partial charge in [0.05, 0.1) is 18.8 Å². The lowest BCUT2D eigenvalue weighted by Crippen LogP contribution is -2.45. The van der Waals surface area contributed by atoms with Gasteiger partial charge in [-0.05, 0) is 43.2 Å². The minimum absolute atomic E-state index is 0.109. The van der Waals surface area contributed by atoms with Crippen LogP contribution in [0, 0.1) is 0 Å². The highest BCUT2D eigenvalue weighted by molar-refractivity contribution is 5.94. The molecule has 8 nitrogen and oxygen atoms in total. The van der Waals surface area contributed by atoms with Gasteiger partial charge in [0.15, 0.2) is 0 Å². The molecular formula is C22H26N6O2. The number of morpholine rings is 1. The second-order valence-corrected chi connectivity index (χ2v) is 7.66. The number of hydrogen-bond donors (Lipinski definition) is 1. The van der Waals surface area contributed by atoms with Gasteiger partial charge in [-0.2, -0.15) is 5.10 Å². The van der Waals surface area contributed by atoms with Crippen molar-refractivity contribution < 1.29 is 9.53 Å². The normalized spacial score (nSPS) is 18.9. The van der Waals surface area contributed by atoms with Crippen LogP contribution in [0.15, 0.2) is 55.2 Å². The average molecular weight is 406 g/mol.